The summed E-state index contributed by atoms with van der Waals surface area (Å²) in [5.74, 6) is -3.59. The lowest BCUT2D eigenvalue weighted by molar-refractivity contribution is -0.143. The molecule has 0 saturated heterocycles. The van der Waals surface area contributed by atoms with Gasteiger partial charge in [0.1, 0.15) is 18.1 Å². The molecule has 6 unspecified atom stereocenters. The minimum Gasteiger partial charge on any atom is -0.480 e. The van der Waals surface area contributed by atoms with Gasteiger partial charge in [-0.25, -0.2) is 4.79 Å². The van der Waals surface area contributed by atoms with Crippen LogP contribution < -0.4 is 21.7 Å². The molecule has 10 nitrogen and oxygen atoms in total. The fourth-order valence-electron chi connectivity index (χ4n) is 2.67. The number of thiol groups is 1. The van der Waals surface area contributed by atoms with E-state index in [1.165, 1.54) is 6.92 Å². The monoisotopic (exact) mass is 448 g/mol. The fraction of sp³-hybridized carbons (Fsp3) is 0.789. The molecule has 0 aliphatic heterocycles. The number of carboxylic acid groups (broad SMARTS) is 1. The highest BCUT2D eigenvalue weighted by atomic mass is 32.1. The van der Waals surface area contributed by atoms with Crippen LogP contribution in [0.25, 0.3) is 0 Å². The van der Waals surface area contributed by atoms with Crippen molar-refractivity contribution in [3.8, 4) is 0 Å². The lowest BCUT2D eigenvalue weighted by Crippen LogP contribution is -2.60. The van der Waals surface area contributed by atoms with E-state index in [1.54, 1.807) is 13.8 Å². The van der Waals surface area contributed by atoms with Crippen LogP contribution in [0.3, 0.4) is 0 Å². The van der Waals surface area contributed by atoms with E-state index in [2.05, 4.69) is 28.6 Å². The molecule has 0 aromatic rings. The molecule has 0 aliphatic rings. The first-order valence-corrected chi connectivity index (χ1v) is 10.7. The van der Waals surface area contributed by atoms with Gasteiger partial charge in [0.2, 0.25) is 17.7 Å². The number of aliphatic hydroxyl groups excluding tert-OH is 1. The largest absolute Gasteiger partial charge is 0.480 e. The van der Waals surface area contributed by atoms with E-state index in [4.69, 9.17) is 5.73 Å². The summed E-state index contributed by atoms with van der Waals surface area (Å²) < 4.78 is 0. The number of carbonyl (C=O) groups is 4. The Morgan fingerprint density at radius 1 is 0.933 bits per heavy atom. The zero-order chi connectivity index (χ0) is 23.6. The normalized spacial score (nSPS) is 17.2. The molecular formula is C19H36N4O6S. The topological polar surface area (TPSA) is 171 Å². The number of rotatable bonds is 13. The maximum atomic E-state index is 12.6. The van der Waals surface area contributed by atoms with Gasteiger partial charge in [0.15, 0.2) is 0 Å². The Balaban J connectivity index is 5.20. The highest BCUT2D eigenvalue weighted by Crippen LogP contribution is 2.09. The third-order valence-corrected chi connectivity index (χ3v) is 5.08. The first-order valence-electron chi connectivity index (χ1n) is 10.0. The molecule has 0 bridgehead atoms. The van der Waals surface area contributed by atoms with E-state index in [0.717, 1.165) is 0 Å². The van der Waals surface area contributed by atoms with Crippen LogP contribution in [0.1, 0.15) is 47.5 Å². The Bertz CT molecular complexity index is 602. The molecule has 0 spiro atoms. The Morgan fingerprint density at radius 3 is 1.87 bits per heavy atom. The number of aliphatic hydroxyl groups is 1. The molecular weight excluding hydrogens is 412 g/mol. The molecule has 3 amide bonds. The number of hydrogen-bond acceptors (Lipinski definition) is 7. The molecule has 0 aliphatic carbocycles. The first-order chi connectivity index (χ1) is 13.8. The molecule has 0 fully saturated rings. The van der Waals surface area contributed by atoms with Gasteiger partial charge < -0.3 is 31.9 Å². The quantitative estimate of drug-likeness (QED) is 0.182. The van der Waals surface area contributed by atoms with E-state index < -0.39 is 54.0 Å². The number of nitrogens with two attached hydrogens (primary N) is 1. The van der Waals surface area contributed by atoms with Gasteiger partial charge in [-0.05, 0) is 25.2 Å². The zero-order valence-corrected chi connectivity index (χ0v) is 19.1. The summed E-state index contributed by atoms with van der Waals surface area (Å²) in [5, 5.41) is 26.4. The highest BCUT2D eigenvalue weighted by Gasteiger charge is 2.33. The summed E-state index contributed by atoms with van der Waals surface area (Å²) in [4.78, 5) is 48.7. The van der Waals surface area contributed by atoms with Gasteiger partial charge in [-0.3, -0.25) is 14.4 Å². The Hall–Kier alpha value is -1.85. The van der Waals surface area contributed by atoms with Crippen molar-refractivity contribution in [2.45, 2.75) is 77.7 Å². The second-order valence-electron chi connectivity index (χ2n) is 7.92. The average molecular weight is 449 g/mol. The van der Waals surface area contributed by atoms with E-state index in [1.807, 2.05) is 13.8 Å². The summed E-state index contributed by atoms with van der Waals surface area (Å²) in [5.41, 5.74) is 5.81. The van der Waals surface area contributed by atoms with Crippen LogP contribution >= 0.6 is 12.6 Å². The molecule has 7 N–H and O–H groups in total. The third-order valence-electron chi connectivity index (χ3n) is 4.72. The maximum Gasteiger partial charge on any atom is 0.326 e. The van der Waals surface area contributed by atoms with Crippen molar-refractivity contribution in [1.82, 2.24) is 16.0 Å². The lowest BCUT2D eigenvalue weighted by atomic mass is 9.99. The first kappa shape index (κ1) is 28.1. The van der Waals surface area contributed by atoms with Crippen molar-refractivity contribution in [1.29, 1.82) is 0 Å². The standard InChI is InChI=1S/C19H36N4O6S/c1-6-10(4)14(19(28)29)22-17(26)13(8-30)21-18(27)15(11(5)24)23-16(25)12(20)7-9(2)3/h9-15,24,30H,6-8,20H2,1-5H3,(H,21,27)(H,22,26)(H,23,25)(H,28,29). The van der Waals surface area contributed by atoms with Crippen molar-refractivity contribution in [2.24, 2.45) is 17.6 Å². The van der Waals surface area contributed by atoms with Crippen molar-refractivity contribution >= 4 is 36.3 Å². The number of aliphatic carboxylic acids is 1. The van der Waals surface area contributed by atoms with Crippen LogP contribution in [-0.2, 0) is 19.2 Å². The van der Waals surface area contributed by atoms with Crippen LogP contribution in [-0.4, -0.2) is 69.9 Å². The van der Waals surface area contributed by atoms with Gasteiger partial charge in [-0.1, -0.05) is 34.1 Å². The molecule has 0 radical (unpaired) electrons. The molecule has 0 aromatic carbocycles. The lowest BCUT2D eigenvalue weighted by Gasteiger charge is -2.27. The summed E-state index contributed by atoms with van der Waals surface area (Å²) in [7, 11) is 0. The number of nitrogens with one attached hydrogen (secondary N) is 3. The number of amides is 3. The summed E-state index contributed by atoms with van der Waals surface area (Å²) >= 11 is 4.05. The molecule has 174 valence electrons. The summed E-state index contributed by atoms with van der Waals surface area (Å²) in [6, 6.07) is -4.47. The average Bonchev–Trinajstić information content (AvgIpc) is 2.65. The van der Waals surface area contributed by atoms with Crippen LogP contribution in [0, 0.1) is 11.8 Å². The highest BCUT2D eigenvalue weighted by molar-refractivity contribution is 7.80. The van der Waals surface area contributed by atoms with Crippen LogP contribution in [0.2, 0.25) is 0 Å². The molecule has 6 atom stereocenters. The van der Waals surface area contributed by atoms with Gasteiger partial charge in [0, 0.05) is 5.75 Å². The Labute approximate surface area is 183 Å². The Kier molecular flexibility index (Phi) is 12.6. The van der Waals surface area contributed by atoms with Gasteiger partial charge in [-0.2, -0.15) is 12.6 Å². The predicted octanol–water partition coefficient (Wildman–Crippen LogP) is -0.744. The van der Waals surface area contributed by atoms with Crippen molar-refractivity contribution in [2.75, 3.05) is 5.75 Å². The van der Waals surface area contributed by atoms with Gasteiger partial charge in [0.25, 0.3) is 0 Å². The number of carboxylic acids is 1. The number of hydrogen-bond donors (Lipinski definition) is 7. The molecule has 0 heterocycles. The minimum absolute atomic E-state index is 0.113. The maximum absolute atomic E-state index is 12.6. The van der Waals surface area contributed by atoms with E-state index >= 15 is 0 Å². The van der Waals surface area contributed by atoms with Crippen LogP contribution in [0.15, 0.2) is 0 Å². The van der Waals surface area contributed by atoms with Gasteiger partial charge in [0.05, 0.1) is 12.1 Å². The van der Waals surface area contributed by atoms with Crippen LogP contribution in [0.5, 0.6) is 0 Å². The van der Waals surface area contributed by atoms with E-state index in [9.17, 15) is 29.4 Å². The Morgan fingerprint density at radius 2 is 1.47 bits per heavy atom. The van der Waals surface area contributed by atoms with Crippen molar-refractivity contribution in [3.05, 3.63) is 0 Å². The fourth-order valence-corrected chi connectivity index (χ4v) is 2.93. The van der Waals surface area contributed by atoms with Gasteiger partial charge >= 0.3 is 5.97 Å². The second kappa shape index (κ2) is 13.5. The third kappa shape index (κ3) is 9.31. The van der Waals surface area contributed by atoms with E-state index in [0.29, 0.717) is 12.8 Å². The van der Waals surface area contributed by atoms with E-state index in [-0.39, 0.29) is 17.6 Å². The molecule has 30 heavy (non-hydrogen) atoms. The number of carbonyl (C=O) groups excluding carboxylic acids is 3. The predicted molar refractivity (Wildman–Crippen MR) is 116 cm³/mol. The molecule has 0 rings (SSSR count). The minimum atomic E-state index is -1.34. The molecule has 0 aromatic heterocycles. The summed E-state index contributed by atoms with van der Waals surface area (Å²) in [6.45, 7) is 8.59. The molecule has 0 saturated carbocycles. The smallest absolute Gasteiger partial charge is 0.326 e. The summed E-state index contributed by atoms with van der Waals surface area (Å²) in [6.07, 6.45) is -0.328. The van der Waals surface area contributed by atoms with Gasteiger partial charge in [-0.15, -0.1) is 0 Å². The van der Waals surface area contributed by atoms with Crippen molar-refractivity contribution < 1.29 is 29.4 Å². The van der Waals surface area contributed by atoms with Crippen LogP contribution in [0.4, 0.5) is 0 Å². The van der Waals surface area contributed by atoms with Crippen molar-refractivity contribution in [3.63, 3.8) is 0 Å². The SMILES string of the molecule is CCC(C)C(NC(=O)C(CS)NC(=O)C(NC(=O)C(N)CC(C)C)C(C)O)C(=O)O. The second-order valence-corrected chi connectivity index (χ2v) is 8.28. The zero-order valence-electron chi connectivity index (χ0n) is 18.2. The molecule has 11 heteroatoms.